The van der Waals surface area contributed by atoms with E-state index in [1.54, 1.807) is 0 Å². The van der Waals surface area contributed by atoms with Crippen LogP contribution in [0, 0.1) is 0 Å². The Morgan fingerprint density at radius 3 is 1.19 bits per heavy atom. The van der Waals surface area contributed by atoms with Gasteiger partial charge in [-0.2, -0.15) is 0 Å². The van der Waals surface area contributed by atoms with Crippen molar-refractivity contribution in [1.29, 1.82) is 0 Å². The highest BCUT2D eigenvalue weighted by molar-refractivity contribution is 7.47. The summed E-state index contributed by atoms with van der Waals surface area (Å²) in [6.45, 7) is 2.82. The van der Waals surface area contributed by atoms with Crippen LogP contribution in [0.2, 0.25) is 0 Å². The quantitative estimate of drug-likeness (QED) is 0.0306. The first-order valence-electron chi connectivity index (χ1n) is 21.6. The van der Waals surface area contributed by atoms with Gasteiger partial charge in [0.15, 0.2) is 6.10 Å². The molecule has 0 radical (unpaired) electrons. The lowest BCUT2D eigenvalue weighted by atomic mass is 10.0. The molecule has 0 fully saturated rings. The molecule has 0 saturated carbocycles. The van der Waals surface area contributed by atoms with Crippen molar-refractivity contribution >= 4 is 25.7 Å². The Morgan fingerprint density at radius 2 is 0.830 bits per heavy atom. The van der Waals surface area contributed by atoms with E-state index >= 15 is 0 Å². The van der Waals surface area contributed by atoms with E-state index in [9.17, 15) is 23.8 Å². The molecule has 3 unspecified atom stereocenters. The maximum absolute atomic E-state index is 12.6. The zero-order valence-corrected chi connectivity index (χ0v) is 34.8. The molecule has 53 heavy (non-hydrogen) atoms. The van der Waals surface area contributed by atoms with E-state index in [0.717, 1.165) is 38.5 Å². The van der Waals surface area contributed by atoms with Gasteiger partial charge < -0.3 is 25.2 Å². The monoisotopic (exact) mass is 778 g/mol. The summed E-state index contributed by atoms with van der Waals surface area (Å²) in [4.78, 5) is 45.8. The van der Waals surface area contributed by atoms with Gasteiger partial charge in [-0.15, -0.1) is 0 Å². The summed E-state index contributed by atoms with van der Waals surface area (Å²) >= 11 is 0. The third kappa shape index (κ3) is 37.2. The molecular weight excluding hydrogens is 697 g/mol. The maximum Gasteiger partial charge on any atom is 0.472 e. The van der Waals surface area contributed by atoms with Gasteiger partial charge in [-0.1, -0.05) is 187 Å². The van der Waals surface area contributed by atoms with Crippen molar-refractivity contribution in [3.05, 3.63) is 0 Å². The van der Waals surface area contributed by atoms with Crippen LogP contribution in [-0.4, -0.2) is 59.9 Å². The Balaban J connectivity index is 4.29. The topological polar surface area (TPSA) is 172 Å². The molecule has 0 aliphatic carbocycles. The van der Waals surface area contributed by atoms with Gasteiger partial charge in [-0.05, 0) is 12.8 Å². The molecule has 0 bridgehead atoms. The smallest absolute Gasteiger partial charge is 0.472 e. The molecular formula is C41H80NO10P. The standard InChI is InChI=1S/C41H80NO10P/c1-3-5-7-9-11-13-15-16-17-18-19-20-21-23-25-27-29-31-33-40(44)52-37(35-50-53(47,48)51-36-38(42)41(45)46)34-49-39(43)32-30-28-26-24-22-14-12-10-8-6-4-2/h37-38H,3-36,42H2,1-2H3,(H,45,46)(H,47,48). The first-order chi connectivity index (χ1) is 25.6. The fourth-order valence-electron chi connectivity index (χ4n) is 6.18. The number of phosphoric ester groups is 1. The number of unbranched alkanes of at least 4 members (excludes halogenated alkanes) is 27. The van der Waals surface area contributed by atoms with Crippen LogP contribution in [0.1, 0.15) is 213 Å². The molecule has 0 aliphatic rings. The molecule has 0 saturated heterocycles. The number of aliphatic carboxylic acids is 1. The Hall–Kier alpha value is -1.52. The second-order valence-corrected chi connectivity index (χ2v) is 16.3. The van der Waals surface area contributed by atoms with Crippen LogP contribution in [0.4, 0.5) is 0 Å². The number of hydrogen-bond acceptors (Lipinski definition) is 9. The minimum atomic E-state index is -4.70. The van der Waals surface area contributed by atoms with E-state index in [2.05, 4.69) is 18.4 Å². The Kier molecular flexibility index (Phi) is 36.3. The zero-order valence-electron chi connectivity index (χ0n) is 33.9. The highest BCUT2D eigenvalue weighted by atomic mass is 31.2. The second-order valence-electron chi connectivity index (χ2n) is 14.8. The summed E-state index contributed by atoms with van der Waals surface area (Å²) in [7, 11) is -4.70. The third-order valence-corrected chi connectivity index (χ3v) is 10.6. The largest absolute Gasteiger partial charge is 0.480 e. The van der Waals surface area contributed by atoms with E-state index < -0.39 is 51.1 Å². The van der Waals surface area contributed by atoms with Crippen LogP contribution >= 0.6 is 7.82 Å². The van der Waals surface area contributed by atoms with Crippen molar-refractivity contribution in [3.63, 3.8) is 0 Å². The van der Waals surface area contributed by atoms with Crippen molar-refractivity contribution in [2.75, 3.05) is 19.8 Å². The van der Waals surface area contributed by atoms with Gasteiger partial charge in [0.1, 0.15) is 12.6 Å². The van der Waals surface area contributed by atoms with Gasteiger partial charge in [-0.25, -0.2) is 4.57 Å². The molecule has 0 amide bonds. The number of hydrogen-bond donors (Lipinski definition) is 3. The summed E-state index contributed by atoms with van der Waals surface area (Å²) < 4.78 is 32.7. The van der Waals surface area contributed by atoms with Crippen LogP contribution < -0.4 is 5.73 Å². The number of carboxylic acid groups (broad SMARTS) is 1. The molecule has 12 heteroatoms. The number of rotatable bonds is 41. The number of esters is 2. The lowest BCUT2D eigenvalue weighted by Crippen LogP contribution is -2.34. The van der Waals surface area contributed by atoms with Gasteiger partial charge in [-0.3, -0.25) is 23.4 Å². The number of carbonyl (C=O) groups is 3. The highest BCUT2D eigenvalue weighted by Crippen LogP contribution is 2.43. The SMILES string of the molecule is CCCCCCCCCCCCCCCCCCCCC(=O)OC(COC(=O)CCCCCCCCCCCCC)COP(=O)(O)OCC(N)C(=O)O. The van der Waals surface area contributed by atoms with Crippen molar-refractivity contribution < 1.29 is 47.5 Å². The molecule has 314 valence electrons. The summed E-state index contributed by atoms with van der Waals surface area (Å²) in [5, 5.41) is 8.87. The Morgan fingerprint density at radius 1 is 0.509 bits per heavy atom. The van der Waals surface area contributed by atoms with Gasteiger partial charge in [0.2, 0.25) is 0 Å². The van der Waals surface area contributed by atoms with Crippen LogP contribution in [0.25, 0.3) is 0 Å². The summed E-state index contributed by atoms with van der Waals surface area (Å²) in [5.41, 5.74) is 5.33. The van der Waals surface area contributed by atoms with Gasteiger partial charge in [0.25, 0.3) is 0 Å². The lowest BCUT2D eigenvalue weighted by Gasteiger charge is -2.20. The van der Waals surface area contributed by atoms with Crippen molar-refractivity contribution in [2.45, 2.75) is 225 Å². The van der Waals surface area contributed by atoms with Crippen LogP contribution in [-0.2, 0) is 37.5 Å². The van der Waals surface area contributed by atoms with E-state index in [1.165, 1.54) is 135 Å². The number of carboxylic acids is 1. The average Bonchev–Trinajstić information content (AvgIpc) is 3.13. The average molecular weight is 778 g/mol. The predicted molar refractivity (Wildman–Crippen MR) is 213 cm³/mol. The van der Waals surface area contributed by atoms with Crippen molar-refractivity contribution in [2.24, 2.45) is 5.73 Å². The van der Waals surface area contributed by atoms with Crippen LogP contribution in [0.5, 0.6) is 0 Å². The summed E-state index contributed by atoms with van der Waals surface area (Å²) in [6.07, 6.45) is 34.5. The normalized spacial score (nSPS) is 13.7. The predicted octanol–water partition coefficient (Wildman–Crippen LogP) is 11.1. The number of nitrogens with two attached hydrogens (primary N) is 1. The zero-order chi connectivity index (χ0) is 39.3. The summed E-state index contributed by atoms with van der Waals surface area (Å²) in [6, 6.07) is -1.52. The van der Waals surface area contributed by atoms with Gasteiger partial charge >= 0.3 is 25.7 Å². The Labute approximate surface area is 323 Å². The number of ether oxygens (including phenoxy) is 2. The van der Waals surface area contributed by atoms with E-state index in [1.807, 2.05) is 0 Å². The molecule has 0 spiro atoms. The second kappa shape index (κ2) is 37.4. The molecule has 0 aromatic carbocycles. The third-order valence-electron chi connectivity index (χ3n) is 9.61. The first-order valence-corrected chi connectivity index (χ1v) is 23.1. The molecule has 0 aromatic heterocycles. The van der Waals surface area contributed by atoms with Gasteiger partial charge in [0.05, 0.1) is 13.2 Å². The van der Waals surface area contributed by atoms with Crippen LogP contribution in [0.15, 0.2) is 0 Å². The number of carbonyl (C=O) groups excluding carboxylic acids is 2. The molecule has 4 N–H and O–H groups in total. The molecule has 0 rings (SSSR count). The van der Waals surface area contributed by atoms with Crippen molar-refractivity contribution in [1.82, 2.24) is 0 Å². The Bertz CT molecular complexity index is 921. The highest BCUT2D eigenvalue weighted by Gasteiger charge is 2.28. The maximum atomic E-state index is 12.6. The molecule has 0 aromatic rings. The van der Waals surface area contributed by atoms with E-state index in [0.29, 0.717) is 12.8 Å². The fourth-order valence-corrected chi connectivity index (χ4v) is 6.96. The molecule has 3 atom stereocenters. The lowest BCUT2D eigenvalue weighted by molar-refractivity contribution is -0.161. The first kappa shape index (κ1) is 51.5. The number of phosphoric acid groups is 1. The molecule has 11 nitrogen and oxygen atoms in total. The fraction of sp³-hybridized carbons (Fsp3) is 0.927. The van der Waals surface area contributed by atoms with E-state index in [4.69, 9.17) is 24.8 Å². The van der Waals surface area contributed by atoms with Crippen molar-refractivity contribution in [3.8, 4) is 0 Å². The molecule has 0 aliphatic heterocycles. The summed E-state index contributed by atoms with van der Waals surface area (Å²) in [5.74, 6) is -2.36. The molecule has 0 heterocycles. The van der Waals surface area contributed by atoms with E-state index in [-0.39, 0.29) is 19.4 Å². The minimum Gasteiger partial charge on any atom is -0.480 e. The van der Waals surface area contributed by atoms with Crippen LogP contribution in [0.3, 0.4) is 0 Å². The minimum absolute atomic E-state index is 0.169. The van der Waals surface area contributed by atoms with Gasteiger partial charge in [0, 0.05) is 12.8 Å².